The largest absolute Gasteiger partial charge is 0.493 e. The fourth-order valence-electron chi connectivity index (χ4n) is 4.63. The Kier molecular flexibility index (Phi) is 7.79. The molecule has 6 atom stereocenters. The van der Waals surface area contributed by atoms with Crippen LogP contribution in [0.5, 0.6) is 5.88 Å². The molecule has 0 aliphatic carbocycles. The minimum atomic E-state index is -0.683. The van der Waals surface area contributed by atoms with Crippen molar-refractivity contribution in [3.05, 3.63) is 75.5 Å². The number of aromatic hydroxyl groups is 1. The van der Waals surface area contributed by atoms with Crippen molar-refractivity contribution in [2.45, 2.75) is 41.0 Å². The molecule has 0 amide bonds. The van der Waals surface area contributed by atoms with Gasteiger partial charge in [-0.15, -0.1) is 16.4 Å². The minimum absolute atomic E-state index is 0.0861. The first kappa shape index (κ1) is 26.9. The first-order valence-electron chi connectivity index (χ1n) is 11.8. The molecule has 14 heteroatoms. The molecule has 1 N–H and O–H groups in total. The van der Waals surface area contributed by atoms with E-state index in [0.29, 0.717) is 15.6 Å². The van der Waals surface area contributed by atoms with E-state index in [0.717, 1.165) is 5.56 Å². The van der Waals surface area contributed by atoms with Crippen molar-refractivity contribution in [1.82, 2.24) is 20.0 Å². The number of ether oxygens (including phenoxy) is 4. The fourth-order valence-corrected chi connectivity index (χ4v) is 7.12. The summed E-state index contributed by atoms with van der Waals surface area (Å²) >= 11 is 14.6. The van der Waals surface area contributed by atoms with Gasteiger partial charge in [0.1, 0.15) is 40.5 Å². The highest BCUT2D eigenvalue weighted by Gasteiger charge is 2.52. The fraction of sp³-hybridized carbons (Fsp3) is 0.320. The van der Waals surface area contributed by atoms with Crippen LogP contribution in [0.3, 0.4) is 0 Å². The summed E-state index contributed by atoms with van der Waals surface area (Å²) in [6.07, 6.45) is -0.477. The van der Waals surface area contributed by atoms with Gasteiger partial charge in [-0.25, -0.2) is 14.1 Å². The molecular weight excluding hydrogens is 590 g/mol. The van der Waals surface area contributed by atoms with Gasteiger partial charge in [0.05, 0.1) is 28.2 Å². The van der Waals surface area contributed by atoms with Gasteiger partial charge in [0.2, 0.25) is 5.88 Å². The second kappa shape index (κ2) is 11.3. The van der Waals surface area contributed by atoms with Crippen LogP contribution < -0.4 is 0 Å². The topological polar surface area (TPSA) is 101 Å². The van der Waals surface area contributed by atoms with Crippen molar-refractivity contribution in [2.75, 3.05) is 13.7 Å². The van der Waals surface area contributed by atoms with Crippen LogP contribution >= 0.6 is 46.3 Å². The van der Waals surface area contributed by atoms with Gasteiger partial charge in [0, 0.05) is 17.6 Å². The predicted octanol–water partition coefficient (Wildman–Crippen LogP) is 5.74. The van der Waals surface area contributed by atoms with Crippen LogP contribution in [0.25, 0.3) is 10.7 Å². The second-order valence-electron chi connectivity index (χ2n) is 8.82. The summed E-state index contributed by atoms with van der Waals surface area (Å²) in [4.78, 5) is 4.70. The third-order valence-electron chi connectivity index (χ3n) is 6.39. The van der Waals surface area contributed by atoms with Crippen molar-refractivity contribution in [3.8, 4) is 16.6 Å². The zero-order valence-corrected chi connectivity index (χ0v) is 23.3. The van der Waals surface area contributed by atoms with Gasteiger partial charge in [-0.2, -0.15) is 0 Å². The molecule has 9 nitrogen and oxygen atoms in total. The molecule has 4 aromatic rings. The lowest BCUT2D eigenvalue weighted by atomic mass is 9.96. The van der Waals surface area contributed by atoms with Gasteiger partial charge in [0.15, 0.2) is 12.1 Å². The Labute approximate surface area is 240 Å². The van der Waals surface area contributed by atoms with Gasteiger partial charge in [-0.1, -0.05) is 70.5 Å². The summed E-state index contributed by atoms with van der Waals surface area (Å²) in [5.74, 6) is -0.769. The maximum absolute atomic E-state index is 14.1. The highest BCUT2D eigenvalue weighted by molar-refractivity contribution is 7.99. The standard InChI is InChI=1S/C25H21Cl2FN4O5S2/c1-34-22-20(32-9-16(30-31-32)23-29-18(33)11-38-23)21-17(10-35-24(37-21)12-5-3-2-4-6-12)36-25(22)39-13-7-14(26)19(28)15(27)8-13/h2-9,11,17,20-22,24-25,33H,10H2,1H3/t17?,20?,21-,22?,24?,25+/m0/s1. The van der Waals surface area contributed by atoms with Crippen LogP contribution in [-0.2, 0) is 18.9 Å². The number of nitrogens with zero attached hydrogens (tertiary/aromatic N) is 4. The summed E-state index contributed by atoms with van der Waals surface area (Å²) in [7, 11) is 1.57. The molecule has 0 saturated carbocycles. The van der Waals surface area contributed by atoms with Gasteiger partial charge >= 0.3 is 0 Å². The Morgan fingerprint density at radius 2 is 1.95 bits per heavy atom. The van der Waals surface area contributed by atoms with Gasteiger partial charge < -0.3 is 24.1 Å². The van der Waals surface area contributed by atoms with E-state index in [1.54, 1.807) is 18.0 Å². The first-order chi connectivity index (χ1) is 18.9. The van der Waals surface area contributed by atoms with Crippen LogP contribution in [0.2, 0.25) is 10.0 Å². The lowest BCUT2D eigenvalue weighted by Crippen LogP contribution is -2.59. The number of hydrogen-bond acceptors (Lipinski definition) is 10. The van der Waals surface area contributed by atoms with Crippen molar-refractivity contribution in [2.24, 2.45) is 0 Å². The molecule has 2 saturated heterocycles. The molecule has 2 aliphatic heterocycles. The number of methoxy groups -OCH3 is 1. The van der Waals surface area contributed by atoms with E-state index in [9.17, 15) is 9.50 Å². The number of rotatable bonds is 6. The molecule has 2 aliphatic rings. The Morgan fingerprint density at radius 3 is 2.64 bits per heavy atom. The number of hydrogen-bond donors (Lipinski definition) is 1. The Hall–Kier alpha value is -2.29. The quantitative estimate of drug-likeness (QED) is 0.274. The molecule has 0 radical (unpaired) electrons. The van der Waals surface area contributed by atoms with E-state index in [1.807, 2.05) is 30.3 Å². The third-order valence-corrected chi connectivity index (χ3v) is 8.91. The average Bonchev–Trinajstić information content (AvgIpc) is 3.60. The molecule has 6 rings (SSSR count). The molecule has 2 fully saturated rings. The first-order valence-corrected chi connectivity index (χ1v) is 14.3. The average molecular weight is 612 g/mol. The smallest absolute Gasteiger partial charge is 0.222 e. The monoisotopic (exact) mass is 610 g/mol. The lowest BCUT2D eigenvalue weighted by Gasteiger charge is -2.48. The van der Waals surface area contributed by atoms with E-state index in [-0.39, 0.29) is 22.5 Å². The van der Waals surface area contributed by atoms with E-state index < -0.39 is 41.9 Å². The van der Waals surface area contributed by atoms with E-state index in [2.05, 4.69) is 15.3 Å². The predicted molar refractivity (Wildman–Crippen MR) is 144 cm³/mol. The Morgan fingerprint density at radius 1 is 1.18 bits per heavy atom. The van der Waals surface area contributed by atoms with Crippen LogP contribution in [-0.4, -0.2) is 62.5 Å². The van der Waals surface area contributed by atoms with Crippen LogP contribution in [0.4, 0.5) is 4.39 Å². The molecule has 39 heavy (non-hydrogen) atoms. The molecule has 0 bridgehead atoms. The molecule has 2 aromatic heterocycles. The maximum Gasteiger partial charge on any atom is 0.222 e. The van der Waals surface area contributed by atoms with Crippen molar-refractivity contribution in [1.29, 1.82) is 0 Å². The van der Waals surface area contributed by atoms with Crippen LogP contribution in [0.1, 0.15) is 17.9 Å². The van der Waals surface area contributed by atoms with E-state index in [1.165, 1.54) is 40.6 Å². The summed E-state index contributed by atoms with van der Waals surface area (Å²) in [5, 5.41) is 20.2. The molecule has 0 spiro atoms. The van der Waals surface area contributed by atoms with Crippen LogP contribution in [0.15, 0.2) is 58.9 Å². The highest BCUT2D eigenvalue weighted by atomic mass is 35.5. The SMILES string of the molecule is COC1C(n2cc(-c3nc(O)cs3)nn2)[C@H]2OC(c3ccccc3)OCC2O[C@@H]1Sc1cc(Cl)c(F)c(Cl)c1. The number of thioether (sulfide) groups is 1. The van der Waals surface area contributed by atoms with Crippen LogP contribution in [0, 0.1) is 5.82 Å². The number of thiazole rings is 1. The van der Waals surface area contributed by atoms with Gasteiger partial charge in [-0.3, -0.25) is 0 Å². The second-order valence-corrected chi connectivity index (χ2v) is 11.7. The summed E-state index contributed by atoms with van der Waals surface area (Å²) in [5.41, 5.74) is 0.773. The molecular formula is C25H21Cl2FN4O5S2. The molecule has 4 heterocycles. The lowest BCUT2D eigenvalue weighted by molar-refractivity contribution is -0.308. The number of benzene rings is 2. The Balaban J connectivity index is 1.36. The normalized spacial score (nSPS) is 26.9. The highest BCUT2D eigenvalue weighted by Crippen LogP contribution is 2.45. The third kappa shape index (κ3) is 5.40. The molecule has 204 valence electrons. The zero-order chi connectivity index (χ0) is 27.1. The van der Waals surface area contributed by atoms with Gasteiger partial charge in [-0.05, 0) is 12.1 Å². The Bertz CT molecular complexity index is 1440. The van der Waals surface area contributed by atoms with Crippen molar-refractivity contribution >= 4 is 46.3 Å². The minimum Gasteiger partial charge on any atom is -0.493 e. The maximum atomic E-state index is 14.1. The number of aromatic nitrogens is 4. The summed E-state index contributed by atoms with van der Waals surface area (Å²) in [6, 6.07) is 12.1. The van der Waals surface area contributed by atoms with E-state index in [4.69, 9.17) is 42.1 Å². The molecule has 4 unspecified atom stereocenters. The van der Waals surface area contributed by atoms with E-state index >= 15 is 0 Å². The summed E-state index contributed by atoms with van der Waals surface area (Å²) in [6.45, 7) is 0.251. The summed E-state index contributed by atoms with van der Waals surface area (Å²) < 4.78 is 40.7. The van der Waals surface area contributed by atoms with Crippen molar-refractivity contribution < 1.29 is 28.4 Å². The zero-order valence-electron chi connectivity index (χ0n) is 20.2. The molecule has 2 aromatic carbocycles. The van der Waals surface area contributed by atoms with Gasteiger partial charge in [0.25, 0.3) is 0 Å². The van der Waals surface area contributed by atoms with Crippen molar-refractivity contribution in [3.63, 3.8) is 0 Å². The number of halogens is 3. The number of fused-ring (bicyclic) bond motifs is 1.